The number of hydrogen-bond acceptors (Lipinski definition) is 5. The number of amides is 1. The number of carbonyl (C=O) groups excluding carboxylic acids is 1. The van der Waals surface area contributed by atoms with Gasteiger partial charge in [-0.2, -0.15) is 13.2 Å². The molecule has 0 fully saturated rings. The van der Waals surface area contributed by atoms with Crippen molar-refractivity contribution in [2.75, 3.05) is 19.0 Å². The molecule has 0 saturated heterocycles. The maximum Gasteiger partial charge on any atom is 0.411 e. The van der Waals surface area contributed by atoms with Crippen LogP contribution in [0.5, 0.6) is 0 Å². The van der Waals surface area contributed by atoms with Gasteiger partial charge in [0.05, 0.1) is 17.9 Å². The number of carboxylic acids is 1. The lowest BCUT2D eigenvalue weighted by molar-refractivity contribution is -0.175. The van der Waals surface area contributed by atoms with Crippen LogP contribution in [-0.4, -0.2) is 45.4 Å². The van der Waals surface area contributed by atoms with E-state index in [4.69, 9.17) is 5.11 Å². The van der Waals surface area contributed by atoms with Crippen LogP contribution < -0.4 is 10.0 Å². The van der Waals surface area contributed by atoms with Crippen LogP contribution in [0.3, 0.4) is 0 Å². The molecule has 0 saturated carbocycles. The summed E-state index contributed by atoms with van der Waals surface area (Å²) in [7, 11) is -3.11. The topological polar surface area (TPSA) is 122 Å². The van der Waals surface area contributed by atoms with Crippen molar-refractivity contribution < 1.29 is 41.0 Å². The van der Waals surface area contributed by atoms with E-state index < -0.39 is 53.6 Å². The minimum atomic E-state index is -4.74. The van der Waals surface area contributed by atoms with Gasteiger partial charge in [-0.15, -0.1) is 0 Å². The first-order valence-electron chi connectivity index (χ1n) is 7.19. The van der Waals surface area contributed by atoms with Gasteiger partial charge < -0.3 is 9.84 Å². The molecule has 26 heavy (non-hydrogen) atoms. The molecule has 0 aliphatic rings. The van der Waals surface area contributed by atoms with Crippen molar-refractivity contribution in [1.29, 1.82) is 0 Å². The van der Waals surface area contributed by atoms with Gasteiger partial charge in [0.15, 0.2) is 0 Å². The minimum Gasteiger partial charge on any atom is -0.481 e. The SMILES string of the molecule is COC(=O)Nc1ccc(S(=O)(=O)NC[C@H](CCC(=O)O)C(F)(F)F)cc1. The monoisotopic (exact) mass is 398 g/mol. The van der Waals surface area contributed by atoms with Crippen LogP contribution in [0.1, 0.15) is 12.8 Å². The molecule has 12 heteroatoms. The predicted octanol–water partition coefficient (Wildman–Crippen LogP) is 2.19. The molecule has 0 heterocycles. The summed E-state index contributed by atoms with van der Waals surface area (Å²) in [5.41, 5.74) is 0.227. The standard InChI is InChI=1S/C14H17F3N2O6S/c1-25-13(22)19-10-3-5-11(6-4-10)26(23,24)18-8-9(14(15,16)17)2-7-12(20)21/h3-6,9,18H,2,7-8H2,1H3,(H,19,22)(H,20,21)/t9-/m0/s1. The number of methoxy groups -OCH3 is 1. The highest BCUT2D eigenvalue weighted by Crippen LogP contribution is 2.29. The lowest BCUT2D eigenvalue weighted by atomic mass is 10.0. The molecule has 0 aromatic heterocycles. The first-order chi connectivity index (χ1) is 12.0. The van der Waals surface area contributed by atoms with Crippen molar-refractivity contribution in [2.24, 2.45) is 5.92 Å². The zero-order valence-electron chi connectivity index (χ0n) is 13.5. The Morgan fingerprint density at radius 2 is 1.81 bits per heavy atom. The molecule has 1 rings (SSSR count). The van der Waals surface area contributed by atoms with Crippen molar-refractivity contribution in [3.63, 3.8) is 0 Å². The number of benzene rings is 1. The normalized spacial score (nSPS) is 13.1. The lowest BCUT2D eigenvalue weighted by Crippen LogP contribution is -2.36. The van der Waals surface area contributed by atoms with Crippen molar-refractivity contribution in [2.45, 2.75) is 23.9 Å². The van der Waals surface area contributed by atoms with Crippen LogP contribution >= 0.6 is 0 Å². The average molecular weight is 398 g/mol. The third kappa shape index (κ3) is 6.88. The molecule has 0 bridgehead atoms. The van der Waals surface area contributed by atoms with E-state index in [9.17, 15) is 31.2 Å². The highest BCUT2D eigenvalue weighted by molar-refractivity contribution is 7.89. The van der Waals surface area contributed by atoms with Crippen LogP contribution in [0.2, 0.25) is 0 Å². The summed E-state index contributed by atoms with van der Waals surface area (Å²) in [6.45, 7) is -0.985. The van der Waals surface area contributed by atoms with Gasteiger partial charge in [-0.25, -0.2) is 17.9 Å². The Kier molecular flexibility index (Phi) is 7.39. The fourth-order valence-electron chi connectivity index (χ4n) is 1.86. The summed E-state index contributed by atoms with van der Waals surface area (Å²) in [6.07, 6.45) is -7.00. The molecule has 1 atom stereocenters. The zero-order valence-corrected chi connectivity index (χ0v) is 14.4. The molecule has 146 valence electrons. The van der Waals surface area contributed by atoms with Crippen molar-refractivity contribution in [1.82, 2.24) is 4.72 Å². The number of sulfonamides is 1. The number of halogens is 3. The second-order valence-corrected chi connectivity index (χ2v) is 6.93. The zero-order chi connectivity index (χ0) is 20.0. The Bertz CT molecular complexity index is 734. The molecule has 0 unspecified atom stereocenters. The van der Waals surface area contributed by atoms with E-state index in [2.05, 4.69) is 10.1 Å². The summed E-state index contributed by atoms with van der Waals surface area (Å²) < 4.78 is 69.0. The van der Waals surface area contributed by atoms with Crippen molar-refractivity contribution >= 4 is 27.8 Å². The number of hydrogen-bond donors (Lipinski definition) is 3. The van der Waals surface area contributed by atoms with E-state index >= 15 is 0 Å². The van der Waals surface area contributed by atoms with E-state index in [-0.39, 0.29) is 10.6 Å². The molecular weight excluding hydrogens is 381 g/mol. The molecule has 1 aromatic rings. The number of carbonyl (C=O) groups is 2. The van der Waals surface area contributed by atoms with E-state index in [1.54, 1.807) is 0 Å². The summed E-state index contributed by atoms with van der Waals surface area (Å²) in [5, 5.41) is 10.8. The Morgan fingerprint density at radius 1 is 1.23 bits per heavy atom. The molecule has 1 amide bonds. The Labute approximate surface area is 147 Å². The van der Waals surface area contributed by atoms with E-state index in [0.29, 0.717) is 0 Å². The summed E-state index contributed by atoms with van der Waals surface area (Å²) in [4.78, 5) is 21.2. The van der Waals surface area contributed by atoms with Gasteiger partial charge in [-0.05, 0) is 30.7 Å². The molecular formula is C14H17F3N2O6S. The molecule has 0 aliphatic heterocycles. The van der Waals surface area contributed by atoms with Crippen molar-refractivity contribution in [3.8, 4) is 0 Å². The number of aliphatic carboxylic acids is 1. The number of alkyl halides is 3. The number of carboxylic acid groups (broad SMARTS) is 1. The first-order valence-corrected chi connectivity index (χ1v) is 8.67. The molecule has 0 aliphatic carbocycles. The van der Waals surface area contributed by atoms with Crippen LogP contribution in [0, 0.1) is 5.92 Å². The predicted molar refractivity (Wildman–Crippen MR) is 84.1 cm³/mol. The number of rotatable bonds is 8. The highest BCUT2D eigenvalue weighted by atomic mass is 32.2. The van der Waals surface area contributed by atoms with Crippen LogP contribution in [0.25, 0.3) is 0 Å². The summed E-state index contributed by atoms with van der Waals surface area (Å²) in [6, 6.07) is 4.65. The van der Waals surface area contributed by atoms with Gasteiger partial charge in [0, 0.05) is 18.7 Å². The second-order valence-electron chi connectivity index (χ2n) is 5.16. The number of ether oxygens (including phenoxy) is 1. The molecule has 0 spiro atoms. The van der Waals surface area contributed by atoms with Gasteiger partial charge in [0.1, 0.15) is 0 Å². The summed E-state index contributed by atoms with van der Waals surface area (Å²) in [5.74, 6) is -3.54. The van der Waals surface area contributed by atoms with Gasteiger partial charge in [0.2, 0.25) is 10.0 Å². The Balaban J connectivity index is 2.80. The maximum absolute atomic E-state index is 12.9. The van der Waals surface area contributed by atoms with Crippen LogP contribution in [0.15, 0.2) is 29.2 Å². The highest BCUT2D eigenvalue weighted by Gasteiger charge is 2.40. The molecule has 0 radical (unpaired) electrons. The molecule has 8 nitrogen and oxygen atoms in total. The third-order valence-corrected chi connectivity index (χ3v) is 4.73. The van der Waals surface area contributed by atoms with Gasteiger partial charge in [-0.1, -0.05) is 0 Å². The van der Waals surface area contributed by atoms with Gasteiger partial charge in [-0.3, -0.25) is 10.1 Å². The minimum absolute atomic E-state index is 0.227. The Morgan fingerprint density at radius 3 is 2.27 bits per heavy atom. The number of nitrogens with one attached hydrogen (secondary N) is 2. The average Bonchev–Trinajstić information content (AvgIpc) is 2.53. The summed E-state index contributed by atoms with van der Waals surface area (Å²) >= 11 is 0. The molecule has 3 N–H and O–H groups in total. The van der Waals surface area contributed by atoms with Crippen molar-refractivity contribution in [3.05, 3.63) is 24.3 Å². The first kappa shape index (κ1) is 21.7. The Hall–Kier alpha value is -2.34. The fourth-order valence-corrected chi connectivity index (χ4v) is 2.94. The van der Waals surface area contributed by atoms with E-state index in [1.807, 2.05) is 4.72 Å². The quantitative estimate of drug-likeness (QED) is 0.617. The second kappa shape index (κ2) is 8.85. The maximum atomic E-state index is 12.9. The fraction of sp³-hybridized carbons (Fsp3) is 0.429. The van der Waals surface area contributed by atoms with E-state index in [0.717, 1.165) is 19.2 Å². The van der Waals surface area contributed by atoms with Gasteiger partial charge in [0.25, 0.3) is 0 Å². The smallest absolute Gasteiger partial charge is 0.411 e. The van der Waals surface area contributed by atoms with Gasteiger partial charge >= 0.3 is 18.2 Å². The lowest BCUT2D eigenvalue weighted by Gasteiger charge is -2.20. The van der Waals surface area contributed by atoms with E-state index in [1.165, 1.54) is 12.1 Å². The molecule has 1 aromatic carbocycles. The largest absolute Gasteiger partial charge is 0.481 e. The van der Waals surface area contributed by atoms with Crippen LogP contribution in [0.4, 0.5) is 23.7 Å². The number of anilines is 1. The third-order valence-electron chi connectivity index (χ3n) is 3.29. The van der Waals surface area contributed by atoms with Crippen LogP contribution in [-0.2, 0) is 19.6 Å².